The van der Waals surface area contributed by atoms with Gasteiger partial charge in [0.2, 0.25) is 11.8 Å². The number of rotatable bonds is 6. The van der Waals surface area contributed by atoms with Gasteiger partial charge in [-0.3, -0.25) is 9.59 Å². The highest BCUT2D eigenvalue weighted by atomic mass is 32.2. The average Bonchev–Trinajstić information content (AvgIpc) is 2.65. The maximum absolute atomic E-state index is 11.9. The molecule has 5 nitrogen and oxygen atoms in total. The van der Waals surface area contributed by atoms with Crippen LogP contribution in [0.5, 0.6) is 0 Å². The van der Waals surface area contributed by atoms with E-state index in [-0.39, 0.29) is 30.2 Å². The molecule has 98 valence electrons. The fourth-order valence-electron chi connectivity index (χ4n) is 2.07. The Labute approximate surface area is 106 Å². The molecular formula is C11H20N2O3S. The minimum atomic E-state index is -0.356. The number of thioether (sulfide) groups is 1. The first-order chi connectivity index (χ1) is 8.06. The van der Waals surface area contributed by atoms with Crippen molar-refractivity contribution in [2.45, 2.75) is 25.8 Å². The first-order valence-electron chi connectivity index (χ1n) is 5.82. The quantitative estimate of drug-likeness (QED) is 0.649. The van der Waals surface area contributed by atoms with Crippen LogP contribution in [0.1, 0.15) is 19.8 Å². The van der Waals surface area contributed by atoms with Gasteiger partial charge < -0.3 is 15.7 Å². The number of aliphatic hydroxyl groups is 1. The summed E-state index contributed by atoms with van der Waals surface area (Å²) in [5.41, 5.74) is 5.01. The van der Waals surface area contributed by atoms with E-state index in [2.05, 4.69) is 6.92 Å². The van der Waals surface area contributed by atoms with Crippen LogP contribution in [0.3, 0.4) is 0 Å². The lowest BCUT2D eigenvalue weighted by Crippen LogP contribution is -2.40. The molecule has 1 aliphatic heterocycles. The molecule has 0 aromatic carbocycles. The molecule has 0 aromatic rings. The predicted molar refractivity (Wildman–Crippen MR) is 67.5 cm³/mol. The molecule has 2 amide bonds. The molecule has 0 spiro atoms. The van der Waals surface area contributed by atoms with Crippen molar-refractivity contribution in [3.05, 3.63) is 0 Å². The first-order valence-corrected chi connectivity index (χ1v) is 6.98. The van der Waals surface area contributed by atoms with Gasteiger partial charge in [0, 0.05) is 18.7 Å². The van der Waals surface area contributed by atoms with Crippen molar-refractivity contribution in [2.24, 2.45) is 11.7 Å². The molecule has 0 aliphatic carbocycles. The second kappa shape index (κ2) is 6.86. The normalized spacial score (nSPS) is 24.0. The molecule has 2 atom stereocenters. The van der Waals surface area contributed by atoms with Gasteiger partial charge in [-0.25, -0.2) is 0 Å². The van der Waals surface area contributed by atoms with E-state index in [0.29, 0.717) is 18.1 Å². The topological polar surface area (TPSA) is 83.6 Å². The molecule has 2 unspecified atom stereocenters. The summed E-state index contributed by atoms with van der Waals surface area (Å²) in [4.78, 5) is 24.2. The van der Waals surface area contributed by atoms with Crippen LogP contribution in [0, 0.1) is 5.92 Å². The summed E-state index contributed by atoms with van der Waals surface area (Å²) in [6, 6.07) is -0.0383. The van der Waals surface area contributed by atoms with Crippen molar-refractivity contribution >= 4 is 23.6 Å². The Hall–Kier alpha value is -0.750. The molecule has 1 fully saturated rings. The molecular weight excluding hydrogens is 240 g/mol. The number of amides is 2. The number of aliphatic hydroxyl groups excluding tert-OH is 1. The van der Waals surface area contributed by atoms with Gasteiger partial charge in [0.15, 0.2) is 0 Å². The Kier molecular flexibility index (Phi) is 5.77. The molecule has 0 saturated carbocycles. The van der Waals surface area contributed by atoms with Crippen molar-refractivity contribution in [3.8, 4) is 0 Å². The lowest BCUT2D eigenvalue weighted by Gasteiger charge is -2.25. The summed E-state index contributed by atoms with van der Waals surface area (Å²) < 4.78 is 0. The number of likely N-dealkylation sites (tertiary alicyclic amines) is 1. The minimum absolute atomic E-state index is 0.0291. The Morgan fingerprint density at radius 1 is 1.53 bits per heavy atom. The molecule has 17 heavy (non-hydrogen) atoms. The van der Waals surface area contributed by atoms with Gasteiger partial charge >= 0.3 is 0 Å². The zero-order valence-corrected chi connectivity index (χ0v) is 10.9. The van der Waals surface area contributed by atoms with Gasteiger partial charge in [-0.05, 0) is 12.3 Å². The van der Waals surface area contributed by atoms with E-state index in [1.807, 2.05) is 0 Å². The Morgan fingerprint density at radius 3 is 2.82 bits per heavy atom. The Bertz CT molecular complexity index is 286. The zero-order chi connectivity index (χ0) is 12.8. The third-order valence-electron chi connectivity index (χ3n) is 3.09. The lowest BCUT2D eigenvalue weighted by molar-refractivity contribution is -0.132. The number of carbonyl (C=O) groups is 2. The number of hydrogen-bond donors (Lipinski definition) is 2. The SMILES string of the molecule is CC1CCN(C(=O)CCSCC(N)=O)C1CO. The van der Waals surface area contributed by atoms with E-state index >= 15 is 0 Å². The molecule has 3 N–H and O–H groups in total. The number of hydrogen-bond acceptors (Lipinski definition) is 4. The number of carbonyl (C=O) groups excluding carboxylic acids is 2. The van der Waals surface area contributed by atoms with Gasteiger partial charge in [0.1, 0.15) is 0 Å². The molecule has 6 heteroatoms. The summed E-state index contributed by atoms with van der Waals surface area (Å²) in [7, 11) is 0. The third kappa shape index (κ3) is 4.20. The molecule has 1 rings (SSSR count). The van der Waals surface area contributed by atoms with Gasteiger partial charge in [-0.2, -0.15) is 11.8 Å². The van der Waals surface area contributed by atoms with E-state index < -0.39 is 0 Å². The summed E-state index contributed by atoms with van der Waals surface area (Å²) in [6.07, 6.45) is 1.35. The lowest BCUT2D eigenvalue weighted by atomic mass is 10.0. The highest BCUT2D eigenvalue weighted by molar-refractivity contribution is 7.99. The van der Waals surface area contributed by atoms with Crippen molar-refractivity contribution in [1.29, 1.82) is 0 Å². The predicted octanol–water partition coefficient (Wildman–Crippen LogP) is -0.176. The zero-order valence-electron chi connectivity index (χ0n) is 10.1. The minimum Gasteiger partial charge on any atom is -0.394 e. The molecule has 1 aliphatic rings. The number of primary amides is 1. The van der Waals surface area contributed by atoms with Crippen LogP contribution in [0.2, 0.25) is 0 Å². The van der Waals surface area contributed by atoms with Crippen molar-refractivity contribution in [2.75, 3.05) is 24.7 Å². The van der Waals surface area contributed by atoms with Gasteiger partial charge in [-0.15, -0.1) is 0 Å². The fraction of sp³-hybridized carbons (Fsp3) is 0.818. The van der Waals surface area contributed by atoms with E-state index in [0.717, 1.165) is 13.0 Å². The third-order valence-corrected chi connectivity index (χ3v) is 4.08. The van der Waals surface area contributed by atoms with E-state index in [1.165, 1.54) is 11.8 Å². The molecule has 1 saturated heterocycles. The fourth-order valence-corrected chi connectivity index (χ4v) is 2.74. The summed E-state index contributed by atoms with van der Waals surface area (Å²) in [5.74, 6) is 0.927. The first kappa shape index (κ1) is 14.3. The van der Waals surface area contributed by atoms with Gasteiger partial charge in [0.05, 0.1) is 18.4 Å². The number of nitrogens with two attached hydrogens (primary N) is 1. The maximum atomic E-state index is 11.9. The van der Waals surface area contributed by atoms with Crippen molar-refractivity contribution in [1.82, 2.24) is 4.90 Å². The van der Waals surface area contributed by atoms with Crippen molar-refractivity contribution < 1.29 is 14.7 Å². The van der Waals surface area contributed by atoms with Crippen LogP contribution in [0.4, 0.5) is 0 Å². The maximum Gasteiger partial charge on any atom is 0.227 e. The average molecular weight is 260 g/mol. The molecule has 0 aromatic heterocycles. The summed E-state index contributed by atoms with van der Waals surface area (Å²) in [6.45, 7) is 2.81. The van der Waals surface area contributed by atoms with E-state index in [4.69, 9.17) is 5.73 Å². The van der Waals surface area contributed by atoms with Crippen LogP contribution >= 0.6 is 11.8 Å². The van der Waals surface area contributed by atoms with Crippen molar-refractivity contribution in [3.63, 3.8) is 0 Å². The standard InChI is InChI=1S/C11H20N2O3S/c1-8-2-4-13(9(8)6-14)11(16)3-5-17-7-10(12)15/h8-9,14H,2-7H2,1H3,(H2,12,15). The van der Waals surface area contributed by atoms with Crippen LogP contribution in [-0.2, 0) is 9.59 Å². The smallest absolute Gasteiger partial charge is 0.227 e. The highest BCUT2D eigenvalue weighted by Gasteiger charge is 2.33. The second-order valence-electron chi connectivity index (χ2n) is 4.37. The highest BCUT2D eigenvalue weighted by Crippen LogP contribution is 2.24. The Balaban J connectivity index is 2.30. The number of nitrogens with zero attached hydrogens (tertiary/aromatic N) is 1. The van der Waals surface area contributed by atoms with Gasteiger partial charge in [0.25, 0.3) is 0 Å². The monoisotopic (exact) mass is 260 g/mol. The summed E-state index contributed by atoms with van der Waals surface area (Å²) >= 11 is 1.37. The summed E-state index contributed by atoms with van der Waals surface area (Å²) in [5, 5.41) is 9.24. The largest absolute Gasteiger partial charge is 0.394 e. The molecule has 0 bridgehead atoms. The Morgan fingerprint density at radius 2 is 2.24 bits per heavy atom. The molecule has 1 heterocycles. The van der Waals surface area contributed by atoms with E-state index in [1.54, 1.807) is 4.90 Å². The van der Waals surface area contributed by atoms with Gasteiger partial charge in [-0.1, -0.05) is 6.92 Å². The van der Waals surface area contributed by atoms with E-state index in [9.17, 15) is 14.7 Å². The van der Waals surface area contributed by atoms with Crippen LogP contribution in [-0.4, -0.2) is 52.5 Å². The molecule has 0 radical (unpaired) electrons. The second-order valence-corrected chi connectivity index (χ2v) is 5.48. The van der Waals surface area contributed by atoms with Crippen LogP contribution in [0.15, 0.2) is 0 Å². The van der Waals surface area contributed by atoms with Crippen LogP contribution in [0.25, 0.3) is 0 Å². The van der Waals surface area contributed by atoms with Crippen LogP contribution < -0.4 is 5.73 Å².